The number of carbonyl (C=O) groups excluding carboxylic acids is 1. The van der Waals surface area contributed by atoms with Crippen molar-refractivity contribution in [2.24, 2.45) is 11.5 Å². The minimum atomic E-state index is -0.568. The van der Waals surface area contributed by atoms with Gasteiger partial charge in [-0.15, -0.1) is 0 Å². The van der Waals surface area contributed by atoms with Crippen LogP contribution in [-0.2, 0) is 11.3 Å². The van der Waals surface area contributed by atoms with Gasteiger partial charge in [0.05, 0.1) is 12.1 Å². The van der Waals surface area contributed by atoms with Gasteiger partial charge in [0.1, 0.15) is 0 Å². The van der Waals surface area contributed by atoms with Gasteiger partial charge in [-0.05, 0) is 31.0 Å². The van der Waals surface area contributed by atoms with Crippen LogP contribution in [-0.4, -0.2) is 43.2 Å². The van der Waals surface area contributed by atoms with E-state index in [1.165, 1.54) is 7.11 Å². The quantitative estimate of drug-likeness (QED) is 0.817. The van der Waals surface area contributed by atoms with Crippen molar-refractivity contribution in [1.82, 2.24) is 4.90 Å². The van der Waals surface area contributed by atoms with Crippen LogP contribution in [0.2, 0.25) is 5.02 Å². The number of benzene rings is 1. The first kappa shape index (κ1) is 16.9. The van der Waals surface area contributed by atoms with Gasteiger partial charge in [0.15, 0.2) is 18.1 Å². The average molecular weight is 328 g/mol. The normalized spacial score (nSPS) is 21.8. The molecule has 1 amide bonds. The Hall–Kier alpha value is -1.50. The Morgan fingerprint density at radius 1 is 1.50 bits per heavy atom. The number of halogens is 1. The van der Waals surface area contributed by atoms with Gasteiger partial charge in [-0.2, -0.15) is 0 Å². The summed E-state index contributed by atoms with van der Waals surface area (Å²) < 4.78 is 10.6. The van der Waals surface area contributed by atoms with Crippen molar-refractivity contribution < 1.29 is 14.3 Å². The molecule has 4 N–H and O–H groups in total. The molecule has 0 bridgehead atoms. The number of rotatable bonds is 6. The number of primary amides is 1. The monoisotopic (exact) mass is 327 g/mol. The molecule has 2 unspecified atom stereocenters. The molecule has 1 aliphatic rings. The number of amides is 1. The van der Waals surface area contributed by atoms with E-state index in [-0.39, 0.29) is 12.6 Å². The Morgan fingerprint density at radius 2 is 2.23 bits per heavy atom. The van der Waals surface area contributed by atoms with Crippen LogP contribution in [0.5, 0.6) is 11.5 Å². The fourth-order valence-electron chi connectivity index (χ4n) is 2.64. The molecular formula is C15H22ClN3O3. The average Bonchev–Trinajstić information content (AvgIpc) is 2.77. The van der Waals surface area contributed by atoms with Gasteiger partial charge >= 0.3 is 0 Å². The second-order valence-electron chi connectivity index (χ2n) is 5.53. The smallest absolute Gasteiger partial charge is 0.255 e. The third-order valence-corrected chi connectivity index (χ3v) is 4.26. The number of carbonyl (C=O) groups is 1. The Bertz CT molecular complexity index is 553. The number of hydrogen-bond acceptors (Lipinski definition) is 5. The van der Waals surface area contributed by atoms with Gasteiger partial charge in [-0.25, -0.2) is 0 Å². The highest BCUT2D eigenvalue weighted by molar-refractivity contribution is 6.32. The molecule has 2 rings (SSSR count). The Morgan fingerprint density at radius 3 is 2.77 bits per heavy atom. The molecule has 1 aromatic carbocycles. The standard InChI is InChI=1S/C15H22ClN3O3/c1-9-12(17)3-4-19(9)7-10-5-11(16)15(13(6-10)21-2)22-8-14(18)20/h5-6,9,12H,3-4,7-8,17H2,1-2H3,(H2,18,20). The molecule has 1 aromatic rings. The van der Waals surface area contributed by atoms with E-state index >= 15 is 0 Å². The molecule has 0 saturated carbocycles. The van der Waals surface area contributed by atoms with Crippen LogP contribution in [0.15, 0.2) is 12.1 Å². The molecule has 6 nitrogen and oxygen atoms in total. The maximum atomic E-state index is 10.8. The zero-order valence-corrected chi connectivity index (χ0v) is 13.6. The van der Waals surface area contributed by atoms with E-state index in [0.717, 1.165) is 25.1 Å². The molecule has 0 aromatic heterocycles. The molecule has 1 saturated heterocycles. The fourth-order valence-corrected chi connectivity index (χ4v) is 2.92. The lowest BCUT2D eigenvalue weighted by Gasteiger charge is -2.23. The maximum Gasteiger partial charge on any atom is 0.255 e. The number of methoxy groups -OCH3 is 1. The second kappa shape index (κ2) is 7.17. The summed E-state index contributed by atoms with van der Waals surface area (Å²) in [6.07, 6.45) is 0.992. The molecule has 1 fully saturated rings. The maximum absolute atomic E-state index is 10.8. The third kappa shape index (κ3) is 3.82. The molecule has 0 spiro atoms. The first-order valence-electron chi connectivity index (χ1n) is 7.19. The van der Waals surface area contributed by atoms with E-state index in [1.807, 2.05) is 12.1 Å². The molecule has 0 aliphatic carbocycles. The summed E-state index contributed by atoms with van der Waals surface area (Å²) in [6.45, 7) is 3.58. The van der Waals surface area contributed by atoms with Crippen molar-refractivity contribution >= 4 is 17.5 Å². The van der Waals surface area contributed by atoms with Crippen LogP contribution >= 0.6 is 11.6 Å². The second-order valence-corrected chi connectivity index (χ2v) is 5.93. The minimum absolute atomic E-state index is 0.204. The summed E-state index contributed by atoms with van der Waals surface area (Å²) in [6, 6.07) is 4.21. The van der Waals surface area contributed by atoms with Gasteiger partial charge in [-0.3, -0.25) is 9.69 Å². The van der Waals surface area contributed by atoms with Crippen LogP contribution in [0, 0.1) is 0 Å². The molecule has 1 aliphatic heterocycles. The number of likely N-dealkylation sites (tertiary alicyclic amines) is 1. The highest BCUT2D eigenvalue weighted by Gasteiger charge is 2.28. The molecule has 1 heterocycles. The van der Waals surface area contributed by atoms with Gasteiger partial charge in [0, 0.05) is 25.2 Å². The van der Waals surface area contributed by atoms with Crippen LogP contribution in [0.25, 0.3) is 0 Å². The first-order chi connectivity index (χ1) is 10.4. The van der Waals surface area contributed by atoms with Crippen LogP contribution in [0.3, 0.4) is 0 Å². The minimum Gasteiger partial charge on any atom is -0.493 e. The summed E-state index contributed by atoms with van der Waals surface area (Å²) in [7, 11) is 1.53. The Balaban J connectivity index is 2.16. The third-order valence-electron chi connectivity index (χ3n) is 3.98. The molecular weight excluding hydrogens is 306 g/mol. The fraction of sp³-hybridized carbons (Fsp3) is 0.533. The first-order valence-corrected chi connectivity index (χ1v) is 7.57. The van der Waals surface area contributed by atoms with E-state index in [9.17, 15) is 4.79 Å². The van der Waals surface area contributed by atoms with Crippen molar-refractivity contribution in [1.29, 1.82) is 0 Å². The number of nitrogens with zero attached hydrogens (tertiary/aromatic N) is 1. The van der Waals surface area contributed by atoms with E-state index in [4.69, 9.17) is 32.5 Å². The number of hydrogen-bond donors (Lipinski definition) is 2. The van der Waals surface area contributed by atoms with Crippen molar-refractivity contribution in [2.75, 3.05) is 20.3 Å². The van der Waals surface area contributed by atoms with Crippen molar-refractivity contribution in [3.63, 3.8) is 0 Å². The Kier molecular flexibility index (Phi) is 5.50. The van der Waals surface area contributed by atoms with Crippen molar-refractivity contribution in [2.45, 2.75) is 32.0 Å². The van der Waals surface area contributed by atoms with Gasteiger partial charge in [0.25, 0.3) is 5.91 Å². The predicted octanol–water partition coefficient (Wildman–Crippen LogP) is 1.13. The highest BCUT2D eigenvalue weighted by Crippen LogP contribution is 2.37. The predicted molar refractivity (Wildman–Crippen MR) is 85.2 cm³/mol. The lowest BCUT2D eigenvalue weighted by atomic mass is 10.1. The molecule has 122 valence electrons. The van der Waals surface area contributed by atoms with Crippen molar-refractivity contribution in [3.8, 4) is 11.5 Å². The largest absolute Gasteiger partial charge is 0.493 e. The molecule has 22 heavy (non-hydrogen) atoms. The topological polar surface area (TPSA) is 90.8 Å². The molecule has 0 radical (unpaired) electrons. The van der Waals surface area contributed by atoms with E-state index in [0.29, 0.717) is 22.6 Å². The van der Waals surface area contributed by atoms with Crippen LogP contribution in [0.1, 0.15) is 18.9 Å². The van der Waals surface area contributed by atoms with Crippen LogP contribution < -0.4 is 20.9 Å². The lowest BCUT2D eigenvalue weighted by molar-refractivity contribution is -0.119. The SMILES string of the molecule is COc1cc(CN2CCC(N)C2C)cc(Cl)c1OCC(N)=O. The van der Waals surface area contributed by atoms with Gasteiger partial charge < -0.3 is 20.9 Å². The lowest BCUT2D eigenvalue weighted by Crippen LogP contribution is -2.36. The molecule has 7 heteroatoms. The summed E-state index contributed by atoms with van der Waals surface area (Å²) >= 11 is 6.25. The van der Waals surface area contributed by atoms with Gasteiger partial charge in [0.2, 0.25) is 0 Å². The van der Waals surface area contributed by atoms with Crippen molar-refractivity contribution in [3.05, 3.63) is 22.7 Å². The van der Waals surface area contributed by atoms with Gasteiger partial charge in [-0.1, -0.05) is 11.6 Å². The number of ether oxygens (including phenoxy) is 2. The number of nitrogens with two attached hydrogens (primary N) is 2. The van der Waals surface area contributed by atoms with E-state index in [2.05, 4.69) is 11.8 Å². The highest BCUT2D eigenvalue weighted by atomic mass is 35.5. The summed E-state index contributed by atoms with van der Waals surface area (Å²) in [4.78, 5) is 13.1. The summed E-state index contributed by atoms with van der Waals surface area (Å²) in [5.41, 5.74) is 12.1. The van der Waals surface area contributed by atoms with Crippen LogP contribution in [0.4, 0.5) is 0 Å². The zero-order valence-electron chi connectivity index (χ0n) is 12.8. The summed E-state index contributed by atoms with van der Waals surface area (Å²) in [5.74, 6) is 0.250. The molecule has 2 atom stereocenters. The Labute approximate surface area is 135 Å². The van der Waals surface area contributed by atoms with E-state index in [1.54, 1.807) is 0 Å². The zero-order chi connectivity index (χ0) is 16.3. The van der Waals surface area contributed by atoms with E-state index < -0.39 is 5.91 Å². The summed E-state index contributed by atoms with van der Waals surface area (Å²) in [5, 5.41) is 0.395.